The van der Waals surface area contributed by atoms with Crippen molar-refractivity contribution < 1.29 is 23.8 Å². The molecule has 1 saturated carbocycles. The van der Waals surface area contributed by atoms with Gasteiger partial charge in [0.1, 0.15) is 4.88 Å². The number of ether oxygens (including phenoxy) is 3. The quantitative estimate of drug-likeness (QED) is 0.623. The lowest BCUT2D eigenvalue weighted by Crippen LogP contribution is -2.44. The van der Waals surface area contributed by atoms with Crippen LogP contribution >= 0.6 is 11.3 Å². The summed E-state index contributed by atoms with van der Waals surface area (Å²) in [7, 11) is 1.35. The molecule has 6 nitrogen and oxygen atoms in total. The van der Waals surface area contributed by atoms with Crippen LogP contribution in [0.1, 0.15) is 40.2 Å². The zero-order chi connectivity index (χ0) is 16.4. The third-order valence-corrected chi connectivity index (χ3v) is 5.54. The van der Waals surface area contributed by atoms with Crippen molar-refractivity contribution in [1.29, 1.82) is 0 Å². The Morgan fingerprint density at radius 3 is 2.61 bits per heavy atom. The Hall–Kier alpha value is -1.44. The Kier molecular flexibility index (Phi) is 4.70. The van der Waals surface area contributed by atoms with Gasteiger partial charge in [-0.1, -0.05) is 0 Å². The van der Waals surface area contributed by atoms with Crippen LogP contribution in [0.2, 0.25) is 0 Å². The smallest absolute Gasteiger partial charge is 0.350 e. The Balaban J connectivity index is 1.78. The van der Waals surface area contributed by atoms with E-state index < -0.39 is 11.8 Å². The Morgan fingerprint density at radius 2 is 2.04 bits per heavy atom. The van der Waals surface area contributed by atoms with E-state index in [2.05, 4.69) is 0 Å². The van der Waals surface area contributed by atoms with Crippen molar-refractivity contribution in [1.82, 2.24) is 0 Å². The fourth-order valence-corrected chi connectivity index (χ4v) is 4.31. The van der Waals surface area contributed by atoms with Crippen LogP contribution in [0, 0.1) is 6.92 Å². The topological polar surface area (TPSA) is 65.1 Å². The first kappa shape index (κ1) is 16.4. The van der Waals surface area contributed by atoms with Gasteiger partial charge in [-0.25, -0.2) is 4.79 Å². The fraction of sp³-hybridized carbons (Fsp3) is 0.625. The molecule has 1 amide bonds. The van der Waals surface area contributed by atoms with E-state index in [1.807, 2.05) is 13.0 Å². The van der Waals surface area contributed by atoms with Crippen LogP contribution in [0.25, 0.3) is 0 Å². The summed E-state index contributed by atoms with van der Waals surface area (Å²) in [5.74, 6) is -0.861. The van der Waals surface area contributed by atoms with Crippen LogP contribution in [-0.4, -0.2) is 44.5 Å². The maximum Gasteiger partial charge on any atom is 0.350 e. The minimum absolute atomic E-state index is 0.0448. The van der Waals surface area contributed by atoms with Crippen molar-refractivity contribution in [3.63, 3.8) is 0 Å². The molecule has 1 saturated heterocycles. The first-order chi connectivity index (χ1) is 11.1. The first-order valence-corrected chi connectivity index (χ1v) is 8.60. The van der Waals surface area contributed by atoms with Crippen LogP contribution in [-0.2, 0) is 19.0 Å². The summed E-state index contributed by atoms with van der Waals surface area (Å²) in [4.78, 5) is 26.8. The predicted molar refractivity (Wildman–Crippen MR) is 85.8 cm³/mol. The zero-order valence-electron chi connectivity index (χ0n) is 13.4. The van der Waals surface area contributed by atoms with Crippen molar-refractivity contribution in [2.24, 2.45) is 0 Å². The highest BCUT2D eigenvalue weighted by Crippen LogP contribution is 2.40. The molecule has 1 spiro atoms. The average molecular weight is 339 g/mol. The number of anilines is 1. The standard InChI is InChI=1S/C16H21NO5S/c1-11-9-13(14(23-11)15(19)20-2)17(10-18)12-3-5-16(6-4-12)21-7-8-22-16/h9-10,12H,3-8H2,1-2H3. The van der Waals surface area contributed by atoms with Crippen molar-refractivity contribution in [2.45, 2.75) is 44.4 Å². The second kappa shape index (κ2) is 6.59. The van der Waals surface area contributed by atoms with E-state index in [1.54, 1.807) is 4.90 Å². The average Bonchev–Trinajstić information content (AvgIpc) is 3.17. The molecule has 0 atom stereocenters. The molecule has 1 aromatic heterocycles. The highest BCUT2D eigenvalue weighted by molar-refractivity contribution is 7.14. The molecular weight excluding hydrogens is 318 g/mol. The van der Waals surface area contributed by atoms with Crippen molar-refractivity contribution in [3.05, 3.63) is 15.8 Å². The Labute approximate surface area is 139 Å². The molecule has 126 valence electrons. The number of rotatable bonds is 4. The monoisotopic (exact) mass is 339 g/mol. The van der Waals surface area contributed by atoms with E-state index in [0.717, 1.165) is 37.0 Å². The molecule has 23 heavy (non-hydrogen) atoms. The molecule has 0 radical (unpaired) electrons. The van der Waals surface area contributed by atoms with Crippen molar-refractivity contribution >= 4 is 29.4 Å². The number of hydrogen-bond donors (Lipinski definition) is 0. The number of methoxy groups -OCH3 is 1. The summed E-state index contributed by atoms with van der Waals surface area (Å²) in [5.41, 5.74) is 0.642. The minimum atomic E-state index is -0.458. The number of carbonyl (C=O) groups is 2. The molecule has 7 heteroatoms. The molecule has 0 unspecified atom stereocenters. The number of esters is 1. The molecule has 1 aliphatic carbocycles. The lowest BCUT2D eigenvalue weighted by Gasteiger charge is -2.38. The van der Waals surface area contributed by atoms with Crippen LogP contribution in [0.3, 0.4) is 0 Å². The lowest BCUT2D eigenvalue weighted by molar-refractivity contribution is -0.178. The molecule has 2 fully saturated rings. The van der Waals surface area contributed by atoms with Gasteiger partial charge >= 0.3 is 5.97 Å². The molecule has 1 aliphatic heterocycles. The third kappa shape index (κ3) is 3.13. The summed E-state index contributed by atoms with van der Waals surface area (Å²) in [5, 5.41) is 0. The minimum Gasteiger partial charge on any atom is -0.465 e. The number of hydrogen-bond acceptors (Lipinski definition) is 6. The van der Waals surface area contributed by atoms with Gasteiger partial charge in [0.05, 0.1) is 26.0 Å². The van der Waals surface area contributed by atoms with Gasteiger partial charge in [0.2, 0.25) is 6.41 Å². The lowest BCUT2D eigenvalue weighted by atomic mass is 9.89. The van der Waals surface area contributed by atoms with Gasteiger partial charge in [-0.2, -0.15) is 0 Å². The molecule has 1 aromatic rings. The molecule has 0 bridgehead atoms. The molecular formula is C16H21NO5S. The van der Waals surface area contributed by atoms with E-state index in [-0.39, 0.29) is 6.04 Å². The second-order valence-corrected chi connectivity index (χ2v) is 7.17. The fourth-order valence-electron chi connectivity index (χ4n) is 3.38. The molecule has 0 aromatic carbocycles. The number of aryl methyl sites for hydroxylation is 1. The van der Waals surface area contributed by atoms with E-state index in [9.17, 15) is 9.59 Å². The number of amides is 1. The molecule has 3 rings (SSSR count). The highest BCUT2D eigenvalue weighted by atomic mass is 32.1. The van der Waals surface area contributed by atoms with E-state index in [4.69, 9.17) is 14.2 Å². The summed E-state index contributed by atoms with van der Waals surface area (Å²) >= 11 is 1.35. The van der Waals surface area contributed by atoms with Crippen LogP contribution in [0.15, 0.2) is 6.07 Å². The Bertz CT molecular complexity index is 583. The number of thiophene rings is 1. The third-order valence-electron chi connectivity index (χ3n) is 4.52. The molecule has 2 aliphatic rings. The summed E-state index contributed by atoms with van der Waals surface area (Å²) in [6.07, 6.45) is 3.91. The van der Waals surface area contributed by atoms with Crippen molar-refractivity contribution in [3.8, 4) is 0 Å². The normalized spacial score (nSPS) is 20.6. The predicted octanol–water partition coefficient (Wildman–Crippen LogP) is 2.49. The number of carbonyl (C=O) groups excluding carboxylic acids is 2. The van der Waals surface area contributed by atoms with E-state index in [1.165, 1.54) is 18.4 Å². The van der Waals surface area contributed by atoms with Gasteiger partial charge in [0.25, 0.3) is 0 Å². The summed E-state index contributed by atoms with van der Waals surface area (Å²) in [6, 6.07) is 1.92. The van der Waals surface area contributed by atoms with Crippen molar-refractivity contribution in [2.75, 3.05) is 25.2 Å². The van der Waals surface area contributed by atoms with Gasteiger partial charge in [0.15, 0.2) is 5.79 Å². The zero-order valence-corrected chi connectivity index (χ0v) is 14.2. The Morgan fingerprint density at radius 1 is 1.39 bits per heavy atom. The second-order valence-electron chi connectivity index (χ2n) is 5.91. The summed E-state index contributed by atoms with van der Waals surface area (Å²) < 4.78 is 16.3. The van der Waals surface area contributed by atoms with Crippen LogP contribution in [0.5, 0.6) is 0 Å². The van der Waals surface area contributed by atoms with Gasteiger partial charge in [0, 0.05) is 23.8 Å². The maximum absolute atomic E-state index is 12.0. The molecule has 0 N–H and O–H groups in total. The van der Waals surface area contributed by atoms with Crippen LogP contribution < -0.4 is 4.90 Å². The maximum atomic E-state index is 12.0. The van der Waals surface area contributed by atoms with E-state index in [0.29, 0.717) is 23.8 Å². The molecule has 2 heterocycles. The first-order valence-electron chi connectivity index (χ1n) is 7.79. The summed E-state index contributed by atoms with van der Waals surface area (Å²) in [6.45, 7) is 3.19. The number of nitrogens with zero attached hydrogens (tertiary/aromatic N) is 1. The van der Waals surface area contributed by atoms with Gasteiger partial charge in [-0.05, 0) is 25.8 Å². The van der Waals surface area contributed by atoms with Gasteiger partial charge in [-0.3, -0.25) is 4.79 Å². The highest BCUT2D eigenvalue weighted by Gasteiger charge is 2.42. The van der Waals surface area contributed by atoms with Crippen LogP contribution in [0.4, 0.5) is 5.69 Å². The van der Waals surface area contributed by atoms with Gasteiger partial charge in [-0.15, -0.1) is 11.3 Å². The van der Waals surface area contributed by atoms with E-state index >= 15 is 0 Å². The largest absolute Gasteiger partial charge is 0.465 e. The SMILES string of the molecule is COC(=O)c1sc(C)cc1N(C=O)C1CCC2(CC1)OCCO2. The van der Waals surface area contributed by atoms with Gasteiger partial charge < -0.3 is 19.1 Å².